The van der Waals surface area contributed by atoms with Crippen molar-refractivity contribution in [2.75, 3.05) is 6.54 Å². The molecular formula is C4H12Cl3NO2. The zero-order valence-corrected chi connectivity index (χ0v) is 7.73. The van der Waals surface area contributed by atoms with E-state index in [4.69, 9.17) is 10.8 Å². The van der Waals surface area contributed by atoms with Gasteiger partial charge in [0.15, 0.2) is 0 Å². The summed E-state index contributed by atoms with van der Waals surface area (Å²) in [6.07, 6.45) is 0.770. The van der Waals surface area contributed by atoms with Crippen molar-refractivity contribution in [2.45, 2.75) is 12.8 Å². The van der Waals surface area contributed by atoms with Crippen molar-refractivity contribution in [1.29, 1.82) is 0 Å². The van der Waals surface area contributed by atoms with Gasteiger partial charge in [0.05, 0.1) is 0 Å². The van der Waals surface area contributed by atoms with Crippen molar-refractivity contribution in [3.05, 3.63) is 0 Å². The van der Waals surface area contributed by atoms with Crippen molar-refractivity contribution in [1.82, 2.24) is 0 Å². The lowest BCUT2D eigenvalue weighted by Crippen LogP contribution is -2.02. The predicted octanol–water partition coefficient (Wildman–Crippen LogP) is 1.08. The standard InChI is InChI=1S/C4H9NO2.3ClH/c5-3-1-2-4(6)7;;;/h1-3,5H2,(H,6,7);3*1H. The quantitative estimate of drug-likeness (QED) is 0.736. The number of carboxylic acids is 1. The first-order valence-corrected chi connectivity index (χ1v) is 2.19. The fraction of sp³-hybridized carbons (Fsp3) is 0.750. The van der Waals surface area contributed by atoms with E-state index >= 15 is 0 Å². The molecule has 0 unspecified atom stereocenters. The van der Waals surface area contributed by atoms with E-state index in [1.807, 2.05) is 0 Å². The Labute approximate surface area is 78.6 Å². The van der Waals surface area contributed by atoms with Crippen LogP contribution in [0.2, 0.25) is 0 Å². The fourth-order valence-corrected chi connectivity index (χ4v) is 0.253. The molecule has 6 heteroatoms. The topological polar surface area (TPSA) is 63.3 Å². The van der Waals surface area contributed by atoms with Crippen LogP contribution in [0.5, 0.6) is 0 Å². The smallest absolute Gasteiger partial charge is 0.303 e. The highest BCUT2D eigenvalue weighted by atomic mass is 35.5. The van der Waals surface area contributed by atoms with Gasteiger partial charge in [0.25, 0.3) is 0 Å². The SMILES string of the molecule is Cl.Cl.Cl.NCCCC(=O)O. The van der Waals surface area contributed by atoms with Crippen molar-refractivity contribution >= 4 is 43.2 Å². The Morgan fingerprint density at radius 3 is 1.80 bits per heavy atom. The Bertz CT molecular complexity index is 71.5. The molecule has 0 aromatic carbocycles. The molecule has 0 aliphatic heterocycles. The zero-order chi connectivity index (χ0) is 5.70. The molecule has 0 aliphatic carbocycles. The lowest BCUT2D eigenvalue weighted by molar-refractivity contribution is -0.137. The summed E-state index contributed by atoms with van der Waals surface area (Å²) in [5.41, 5.74) is 5.01. The van der Waals surface area contributed by atoms with E-state index in [-0.39, 0.29) is 43.6 Å². The third-order valence-corrected chi connectivity index (χ3v) is 0.595. The van der Waals surface area contributed by atoms with Crippen molar-refractivity contribution in [3.8, 4) is 0 Å². The van der Waals surface area contributed by atoms with Gasteiger partial charge in [-0.25, -0.2) is 0 Å². The second-order valence-electron chi connectivity index (χ2n) is 1.29. The van der Waals surface area contributed by atoms with Crippen LogP contribution >= 0.6 is 37.2 Å². The number of hydrogen-bond acceptors (Lipinski definition) is 2. The molecule has 0 aromatic rings. The van der Waals surface area contributed by atoms with Crippen molar-refractivity contribution in [2.24, 2.45) is 5.73 Å². The number of aliphatic carboxylic acids is 1. The number of halogens is 3. The van der Waals surface area contributed by atoms with Crippen LogP contribution in [-0.2, 0) is 4.79 Å². The summed E-state index contributed by atoms with van der Waals surface area (Å²) in [5.74, 6) is -0.773. The maximum absolute atomic E-state index is 9.70. The molecule has 0 radical (unpaired) electrons. The molecular weight excluding hydrogens is 200 g/mol. The summed E-state index contributed by atoms with van der Waals surface area (Å²) in [6, 6.07) is 0. The Morgan fingerprint density at radius 1 is 1.30 bits per heavy atom. The molecule has 0 aliphatic rings. The third-order valence-electron chi connectivity index (χ3n) is 0.595. The minimum absolute atomic E-state index is 0. The lowest BCUT2D eigenvalue weighted by atomic mass is 10.3. The van der Waals surface area contributed by atoms with Gasteiger partial charge in [-0.1, -0.05) is 0 Å². The van der Waals surface area contributed by atoms with Gasteiger partial charge in [-0.2, -0.15) is 0 Å². The van der Waals surface area contributed by atoms with Crippen molar-refractivity contribution < 1.29 is 9.90 Å². The van der Waals surface area contributed by atoms with E-state index < -0.39 is 5.97 Å². The number of carbonyl (C=O) groups is 1. The van der Waals surface area contributed by atoms with Gasteiger partial charge in [-0.3, -0.25) is 4.79 Å². The molecule has 0 amide bonds. The highest BCUT2D eigenvalue weighted by Gasteiger charge is 1.91. The molecule has 0 fully saturated rings. The van der Waals surface area contributed by atoms with Crippen LogP contribution in [0, 0.1) is 0 Å². The van der Waals surface area contributed by atoms with Gasteiger partial charge < -0.3 is 10.8 Å². The first kappa shape index (κ1) is 22.4. The van der Waals surface area contributed by atoms with Crippen LogP contribution in [0.15, 0.2) is 0 Å². The molecule has 66 valence electrons. The Hall–Kier alpha value is 0.300. The van der Waals surface area contributed by atoms with Gasteiger partial charge in [0.2, 0.25) is 0 Å². The summed E-state index contributed by atoms with van der Waals surface area (Å²) in [6.45, 7) is 0.465. The summed E-state index contributed by atoms with van der Waals surface area (Å²) in [7, 11) is 0. The maximum Gasteiger partial charge on any atom is 0.303 e. The normalized spacial score (nSPS) is 6.10. The van der Waals surface area contributed by atoms with E-state index in [2.05, 4.69) is 0 Å². The van der Waals surface area contributed by atoms with Crippen LogP contribution in [-0.4, -0.2) is 17.6 Å². The summed E-state index contributed by atoms with van der Waals surface area (Å²) >= 11 is 0. The third kappa shape index (κ3) is 23.9. The maximum atomic E-state index is 9.70. The molecule has 0 heterocycles. The molecule has 3 N–H and O–H groups in total. The van der Waals surface area contributed by atoms with E-state index in [1.165, 1.54) is 0 Å². The van der Waals surface area contributed by atoms with Gasteiger partial charge in [0.1, 0.15) is 0 Å². The van der Waals surface area contributed by atoms with E-state index in [1.54, 1.807) is 0 Å². The first-order valence-electron chi connectivity index (χ1n) is 2.19. The average molecular weight is 213 g/mol. The Kier molecular flexibility index (Phi) is 36.2. The molecule has 3 nitrogen and oxygen atoms in total. The Morgan fingerprint density at radius 2 is 1.70 bits per heavy atom. The summed E-state index contributed by atoms with van der Waals surface area (Å²) in [4.78, 5) is 9.70. The average Bonchev–Trinajstić information content (AvgIpc) is 1.61. The number of nitrogens with two attached hydrogens (primary N) is 1. The second kappa shape index (κ2) is 16.1. The van der Waals surface area contributed by atoms with Gasteiger partial charge in [-0.05, 0) is 13.0 Å². The molecule has 0 saturated carbocycles. The largest absolute Gasteiger partial charge is 0.481 e. The molecule has 10 heavy (non-hydrogen) atoms. The van der Waals surface area contributed by atoms with Crippen LogP contribution in [0.3, 0.4) is 0 Å². The molecule has 0 aromatic heterocycles. The molecule has 0 atom stereocenters. The van der Waals surface area contributed by atoms with E-state index in [0.29, 0.717) is 13.0 Å². The minimum atomic E-state index is -0.773. The Balaban J connectivity index is -0.0000000600. The molecule has 0 rings (SSSR count). The highest BCUT2D eigenvalue weighted by Crippen LogP contribution is 1.82. The van der Waals surface area contributed by atoms with Gasteiger partial charge in [0, 0.05) is 6.42 Å². The fourth-order valence-electron chi connectivity index (χ4n) is 0.253. The van der Waals surface area contributed by atoms with Crippen molar-refractivity contribution in [3.63, 3.8) is 0 Å². The van der Waals surface area contributed by atoms with Gasteiger partial charge in [-0.15, -0.1) is 37.2 Å². The summed E-state index contributed by atoms with van der Waals surface area (Å²) < 4.78 is 0. The van der Waals surface area contributed by atoms with Crippen LogP contribution in [0.4, 0.5) is 0 Å². The zero-order valence-electron chi connectivity index (χ0n) is 5.28. The predicted molar refractivity (Wildman–Crippen MR) is 47.7 cm³/mol. The number of rotatable bonds is 3. The number of carboxylic acid groups (broad SMARTS) is 1. The number of hydrogen-bond donors (Lipinski definition) is 2. The van der Waals surface area contributed by atoms with E-state index in [0.717, 1.165) is 0 Å². The van der Waals surface area contributed by atoms with Gasteiger partial charge >= 0.3 is 5.97 Å². The lowest BCUT2D eigenvalue weighted by Gasteiger charge is -1.86. The second-order valence-corrected chi connectivity index (χ2v) is 1.29. The minimum Gasteiger partial charge on any atom is -0.481 e. The highest BCUT2D eigenvalue weighted by molar-refractivity contribution is 5.86. The molecule has 0 bridgehead atoms. The summed E-state index contributed by atoms with van der Waals surface area (Å²) in [5, 5.41) is 7.99. The van der Waals surface area contributed by atoms with Crippen LogP contribution in [0.25, 0.3) is 0 Å². The van der Waals surface area contributed by atoms with Crippen LogP contribution < -0.4 is 5.73 Å². The molecule has 0 saturated heterocycles. The first-order chi connectivity index (χ1) is 3.27. The van der Waals surface area contributed by atoms with Crippen LogP contribution in [0.1, 0.15) is 12.8 Å². The monoisotopic (exact) mass is 211 g/mol. The van der Waals surface area contributed by atoms with E-state index in [9.17, 15) is 4.79 Å². The molecule has 0 spiro atoms.